The molecule has 2 fully saturated rings. The van der Waals surface area contributed by atoms with E-state index in [1.54, 1.807) is 20.8 Å². The number of hydrogen-bond donors (Lipinski definition) is 7. The summed E-state index contributed by atoms with van der Waals surface area (Å²) in [5, 5.41) is 69.0. The maximum Gasteiger partial charge on any atom is 0.187 e. The molecule has 10 heteroatoms. The molecular formula is C16H30O10. The molecule has 0 spiro atoms. The van der Waals surface area contributed by atoms with Crippen LogP contribution in [-0.2, 0) is 14.2 Å². The summed E-state index contributed by atoms with van der Waals surface area (Å²) in [5.41, 5.74) is -0.576. The van der Waals surface area contributed by atoms with E-state index in [-0.39, 0.29) is 0 Å². The molecule has 0 aromatic carbocycles. The van der Waals surface area contributed by atoms with E-state index in [0.29, 0.717) is 0 Å². The normalized spacial score (nSPS) is 47.8. The van der Waals surface area contributed by atoms with Crippen LogP contribution >= 0.6 is 0 Å². The molecule has 10 atom stereocenters. The molecule has 10 nitrogen and oxygen atoms in total. The lowest BCUT2D eigenvalue weighted by Gasteiger charge is -2.49. The Labute approximate surface area is 151 Å². The molecule has 2 heterocycles. The van der Waals surface area contributed by atoms with Gasteiger partial charge in [-0.15, -0.1) is 0 Å². The molecule has 0 aromatic heterocycles. The van der Waals surface area contributed by atoms with E-state index in [4.69, 9.17) is 14.2 Å². The van der Waals surface area contributed by atoms with Gasteiger partial charge < -0.3 is 50.0 Å². The number of hydrogen-bond acceptors (Lipinski definition) is 10. The molecule has 0 saturated carbocycles. The predicted octanol–water partition coefficient (Wildman–Crippen LogP) is -3.30. The van der Waals surface area contributed by atoms with Crippen molar-refractivity contribution in [3.05, 3.63) is 0 Å². The van der Waals surface area contributed by atoms with Crippen LogP contribution in [0.25, 0.3) is 0 Å². The Bertz CT molecular complexity index is 453. The summed E-state index contributed by atoms with van der Waals surface area (Å²) < 4.78 is 16.6. The van der Waals surface area contributed by atoms with Crippen LogP contribution < -0.4 is 0 Å². The third kappa shape index (κ3) is 4.20. The zero-order valence-corrected chi connectivity index (χ0v) is 15.0. The van der Waals surface area contributed by atoms with Gasteiger partial charge in [-0.05, 0) is 5.41 Å². The molecule has 2 aliphatic rings. The van der Waals surface area contributed by atoms with Crippen LogP contribution in [0.3, 0.4) is 0 Å². The first-order chi connectivity index (χ1) is 12.0. The number of aliphatic hydroxyl groups is 7. The van der Waals surface area contributed by atoms with Gasteiger partial charge in [0.2, 0.25) is 0 Å². The van der Waals surface area contributed by atoms with Gasteiger partial charge in [0.25, 0.3) is 0 Å². The van der Waals surface area contributed by atoms with Crippen LogP contribution in [0.1, 0.15) is 20.8 Å². The first-order valence-electron chi connectivity index (χ1n) is 8.61. The molecule has 0 unspecified atom stereocenters. The second-order valence-corrected chi connectivity index (χ2v) is 7.92. The fourth-order valence-electron chi connectivity index (χ4n) is 3.27. The predicted molar refractivity (Wildman–Crippen MR) is 85.9 cm³/mol. The fourth-order valence-corrected chi connectivity index (χ4v) is 3.27. The second kappa shape index (κ2) is 8.31. The topological polar surface area (TPSA) is 169 Å². The smallest absolute Gasteiger partial charge is 0.187 e. The Morgan fingerprint density at radius 3 is 1.73 bits per heavy atom. The van der Waals surface area contributed by atoms with Gasteiger partial charge in [0, 0.05) is 0 Å². The minimum atomic E-state index is -1.65. The van der Waals surface area contributed by atoms with Gasteiger partial charge in [0.15, 0.2) is 6.29 Å². The Hall–Kier alpha value is -0.400. The van der Waals surface area contributed by atoms with E-state index < -0.39 is 79.9 Å². The molecule has 2 saturated heterocycles. The maximum atomic E-state index is 10.5. The fraction of sp³-hybridized carbons (Fsp3) is 1.00. The van der Waals surface area contributed by atoms with Crippen molar-refractivity contribution in [2.24, 2.45) is 5.41 Å². The highest BCUT2D eigenvalue weighted by Crippen LogP contribution is 2.36. The van der Waals surface area contributed by atoms with Gasteiger partial charge in [0.05, 0.1) is 19.3 Å². The van der Waals surface area contributed by atoms with Crippen LogP contribution in [-0.4, -0.2) is 110 Å². The lowest BCUT2D eigenvalue weighted by atomic mass is 9.80. The van der Waals surface area contributed by atoms with Crippen molar-refractivity contribution < 1.29 is 50.0 Å². The van der Waals surface area contributed by atoms with Crippen LogP contribution in [0.5, 0.6) is 0 Å². The first-order valence-corrected chi connectivity index (χ1v) is 8.61. The first kappa shape index (κ1) is 21.9. The van der Waals surface area contributed by atoms with Crippen molar-refractivity contribution >= 4 is 0 Å². The summed E-state index contributed by atoms with van der Waals surface area (Å²) in [7, 11) is 0. The summed E-state index contributed by atoms with van der Waals surface area (Å²) in [4.78, 5) is 0. The molecule has 0 aromatic rings. The van der Waals surface area contributed by atoms with Gasteiger partial charge in [-0.3, -0.25) is 0 Å². The molecule has 26 heavy (non-hydrogen) atoms. The molecular weight excluding hydrogens is 352 g/mol. The summed E-state index contributed by atoms with van der Waals surface area (Å²) in [5.74, 6) is 0. The average Bonchev–Trinajstić information content (AvgIpc) is 2.58. The summed E-state index contributed by atoms with van der Waals surface area (Å²) >= 11 is 0. The molecule has 0 radical (unpaired) electrons. The van der Waals surface area contributed by atoms with Crippen LogP contribution in [0.4, 0.5) is 0 Å². The summed E-state index contributed by atoms with van der Waals surface area (Å²) in [6.07, 6.45) is -13.3. The average molecular weight is 382 g/mol. The maximum absolute atomic E-state index is 10.5. The molecule has 154 valence electrons. The minimum Gasteiger partial charge on any atom is -0.394 e. The van der Waals surface area contributed by atoms with E-state index in [1.807, 2.05) is 0 Å². The largest absolute Gasteiger partial charge is 0.394 e. The van der Waals surface area contributed by atoms with Gasteiger partial charge in [-0.25, -0.2) is 0 Å². The Morgan fingerprint density at radius 1 is 0.731 bits per heavy atom. The van der Waals surface area contributed by atoms with Crippen LogP contribution in [0, 0.1) is 5.41 Å². The minimum absolute atomic E-state index is 0.502. The number of ether oxygens (including phenoxy) is 3. The highest BCUT2D eigenvalue weighted by Gasteiger charge is 2.52. The zero-order chi connectivity index (χ0) is 19.8. The Kier molecular flexibility index (Phi) is 7.00. The second-order valence-electron chi connectivity index (χ2n) is 7.92. The van der Waals surface area contributed by atoms with Crippen molar-refractivity contribution in [3.8, 4) is 0 Å². The summed E-state index contributed by atoms with van der Waals surface area (Å²) in [6, 6.07) is 0. The van der Waals surface area contributed by atoms with Gasteiger partial charge in [-0.2, -0.15) is 0 Å². The van der Waals surface area contributed by atoms with Crippen molar-refractivity contribution in [3.63, 3.8) is 0 Å². The van der Waals surface area contributed by atoms with Crippen LogP contribution in [0.2, 0.25) is 0 Å². The van der Waals surface area contributed by atoms with Crippen molar-refractivity contribution in [2.45, 2.75) is 82.0 Å². The van der Waals surface area contributed by atoms with Gasteiger partial charge in [-0.1, -0.05) is 20.8 Å². The van der Waals surface area contributed by atoms with Crippen molar-refractivity contribution in [1.29, 1.82) is 0 Å². The van der Waals surface area contributed by atoms with E-state index >= 15 is 0 Å². The third-order valence-electron chi connectivity index (χ3n) is 4.86. The number of aliphatic hydroxyl groups excluding tert-OH is 7. The Balaban J connectivity index is 2.23. The zero-order valence-electron chi connectivity index (χ0n) is 15.0. The van der Waals surface area contributed by atoms with Crippen molar-refractivity contribution in [1.82, 2.24) is 0 Å². The highest BCUT2D eigenvalue weighted by molar-refractivity contribution is 4.98. The van der Waals surface area contributed by atoms with Gasteiger partial charge >= 0.3 is 0 Å². The molecule has 2 aliphatic heterocycles. The van der Waals surface area contributed by atoms with E-state index in [2.05, 4.69) is 0 Å². The van der Waals surface area contributed by atoms with E-state index in [1.165, 1.54) is 0 Å². The summed E-state index contributed by atoms with van der Waals surface area (Å²) in [6.45, 7) is 4.30. The lowest BCUT2D eigenvalue weighted by Crippen LogP contribution is -2.66. The van der Waals surface area contributed by atoms with E-state index in [9.17, 15) is 35.7 Å². The van der Waals surface area contributed by atoms with Crippen LogP contribution in [0.15, 0.2) is 0 Å². The quantitative estimate of drug-likeness (QED) is 0.261. The Morgan fingerprint density at radius 2 is 1.23 bits per heavy atom. The highest BCUT2D eigenvalue weighted by atomic mass is 16.7. The molecule has 7 N–H and O–H groups in total. The SMILES string of the molecule is CC(C)(C)[C@@H]1O[C@H](CO)[C@@H](O)[C@H](O)[C@H]1O[C@@H]1O[C@H](CO)[C@H](O)[C@H](O)[C@@H]1O. The molecule has 0 bridgehead atoms. The molecule has 0 amide bonds. The molecule has 0 aliphatic carbocycles. The molecule has 2 rings (SSSR count). The third-order valence-corrected chi connectivity index (χ3v) is 4.86. The monoisotopic (exact) mass is 382 g/mol. The lowest BCUT2D eigenvalue weighted by molar-refractivity contribution is -0.347. The van der Waals surface area contributed by atoms with Gasteiger partial charge in [0.1, 0.15) is 48.8 Å². The van der Waals surface area contributed by atoms with E-state index in [0.717, 1.165) is 0 Å². The standard InChI is InChI=1S/C16H30O10/c1-16(2,3)14-13(11(22)9(20)6(4-17)24-14)26-15-12(23)10(21)8(19)7(5-18)25-15/h6-15,17-23H,4-5H2,1-3H3/t6-,7-,8+,9-,10+,11+,12+,13-,14-,15+/m1/s1. The number of rotatable bonds is 4. The van der Waals surface area contributed by atoms with Crippen molar-refractivity contribution in [2.75, 3.05) is 13.2 Å².